The zero-order valence-corrected chi connectivity index (χ0v) is 7.60. The summed E-state index contributed by atoms with van der Waals surface area (Å²) in [5.74, 6) is 0.631. The van der Waals surface area contributed by atoms with Crippen molar-refractivity contribution >= 4 is 6.41 Å². The van der Waals surface area contributed by atoms with Crippen LogP contribution in [-0.4, -0.2) is 13.0 Å². The van der Waals surface area contributed by atoms with E-state index >= 15 is 0 Å². The number of carbonyl (C=O) groups is 1. The molecule has 0 aromatic rings. The highest BCUT2D eigenvalue weighted by Gasteiger charge is 1.99. The molecule has 2 heteroatoms. The van der Waals surface area contributed by atoms with Gasteiger partial charge in [0.2, 0.25) is 6.41 Å². The first-order valence-corrected chi connectivity index (χ1v) is 4.48. The Bertz CT molecular complexity index is 93.6. The summed E-state index contributed by atoms with van der Waals surface area (Å²) < 4.78 is 0. The van der Waals surface area contributed by atoms with Gasteiger partial charge in [-0.25, -0.2) is 0 Å². The van der Waals surface area contributed by atoms with Crippen molar-refractivity contribution in [3.8, 4) is 0 Å². The fourth-order valence-electron chi connectivity index (χ4n) is 1.09. The van der Waals surface area contributed by atoms with E-state index in [-0.39, 0.29) is 0 Å². The summed E-state index contributed by atoms with van der Waals surface area (Å²) in [4.78, 5) is 9.93. The minimum absolute atomic E-state index is 0.631. The fraction of sp³-hybridized carbons (Fsp3) is 0.889. The van der Waals surface area contributed by atoms with E-state index in [4.69, 9.17) is 0 Å². The minimum atomic E-state index is 0.631. The Morgan fingerprint density at radius 2 is 2.18 bits per heavy atom. The van der Waals surface area contributed by atoms with E-state index in [0.29, 0.717) is 5.92 Å². The van der Waals surface area contributed by atoms with Gasteiger partial charge in [0.05, 0.1) is 0 Å². The van der Waals surface area contributed by atoms with Crippen molar-refractivity contribution in [2.75, 3.05) is 6.54 Å². The molecule has 0 saturated carbocycles. The quantitative estimate of drug-likeness (QED) is 0.444. The van der Waals surface area contributed by atoms with Gasteiger partial charge in [-0.3, -0.25) is 4.79 Å². The standard InChI is InChI=1S/C9H19NO/c1-3-4-5-6-9(2)7-10-8-11/h8-9H,3-7H2,1-2H3,(H,10,11). The second-order valence-electron chi connectivity index (χ2n) is 3.13. The van der Waals surface area contributed by atoms with Gasteiger partial charge in [0.1, 0.15) is 0 Å². The smallest absolute Gasteiger partial charge is 0.207 e. The molecule has 0 bridgehead atoms. The van der Waals surface area contributed by atoms with Crippen molar-refractivity contribution in [1.29, 1.82) is 0 Å². The summed E-state index contributed by atoms with van der Waals surface area (Å²) in [6.07, 6.45) is 5.88. The molecule has 1 atom stereocenters. The Labute approximate surface area is 69.4 Å². The topological polar surface area (TPSA) is 29.1 Å². The molecular formula is C9H19NO. The van der Waals surface area contributed by atoms with Gasteiger partial charge in [0.15, 0.2) is 0 Å². The number of nitrogens with one attached hydrogen (secondary N) is 1. The average Bonchev–Trinajstić information content (AvgIpc) is 2.01. The van der Waals surface area contributed by atoms with Crippen molar-refractivity contribution in [3.05, 3.63) is 0 Å². The number of carbonyl (C=O) groups excluding carboxylic acids is 1. The summed E-state index contributed by atoms with van der Waals surface area (Å²) in [6.45, 7) is 5.20. The predicted molar refractivity (Wildman–Crippen MR) is 47.4 cm³/mol. The van der Waals surface area contributed by atoms with E-state index in [0.717, 1.165) is 13.0 Å². The Balaban J connectivity index is 3.08. The van der Waals surface area contributed by atoms with Crippen LogP contribution in [0.4, 0.5) is 0 Å². The molecule has 11 heavy (non-hydrogen) atoms. The largest absolute Gasteiger partial charge is 0.358 e. The number of hydrogen-bond donors (Lipinski definition) is 1. The minimum Gasteiger partial charge on any atom is -0.358 e. The maximum atomic E-state index is 9.93. The molecule has 0 rings (SSSR count). The van der Waals surface area contributed by atoms with Crippen LogP contribution in [0.2, 0.25) is 0 Å². The Kier molecular flexibility index (Phi) is 7.21. The van der Waals surface area contributed by atoms with Crippen molar-refractivity contribution in [2.24, 2.45) is 5.92 Å². The van der Waals surface area contributed by atoms with E-state index in [9.17, 15) is 4.79 Å². The second-order valence-corrected chi connectivity index (χ2v) is 3.13. The zero-order valence-electron chi connectivity index (χ0n) is 7.60. The molecule has 0 heterocycles. The first-order valence-electron chi connectivity index (χ1n) is 4.48. The average molecular weight is 157 g/mol. The van der Waals surface area contributed by atoms with E-state index in [1.165, 1.54) is 25.7 Å². The highest BCUT2D eigenvalue weighted by Crippen LogP contribution is 2.07. The molecule has 0 aliphatic carbocycles. The summed E-state index contributed by atoms with van der Waals surface area (Å²) in [6, 6.07) is 0. The molecule has 0 spiro atoms. The lowest BCUT2D eigenvalue weighted by molar-refractivity contribution is -0.109. The van der Waals surface area contributed by atoms with E-state index < -0.39 is 0 Å². The first-order chi connectivity index (χ1) is 5.31. The molecule has 0 radical (unpaired) electrons. The summed E-state index contributed by atoms with van der Waals surface area (Å²) in [7, 11) is 0. The van der Waals surface area contributed by atoms with Gasteiger partial charge >= 0.3 is 0 Å². The first kappa shape index (κ1) is 10.5. The maximum Gasteiger partial charge on any atom is 0.207 e. The van der Waals surface area contributed by atoms with Gasteiger partial charge in [-0.15, -0.1) is 0 Å². The molecule has 0 aromatic carbocycles. The van der Waals surface area contributed by atoms with E-state index in [1.807, 2.05) is 0 Å². The number of amides is 1. The van der Waals surface area contributed by atoms with Crippen molar-refractivity contribution < 1.29 is 4.79 Å². The second kappa shape index (κ2) is 7.58. The lowest BCUT2D eigenvalue weighted by Crippen LogP contribution is -2.19. The summed E-state index contributed by atoms with van der Waals surface area (Å²) >= 11 is 0. The summed E-state index contributed by atoms with van der Waals surface area (Å²) in [5, 5.41) is 2.69. The SMILES string of the molecule is CCCCCC(C)CNC=O. The maximum absolute atomic E-state index is 9.93. The molecule has 0 saturated heterocycles. The van der Waals surface area contributed by atoms with Crippen molar-refractivity contribution in [3.63, 3.8) is 0 Å². The van der Waals surface area contributed by atoms with Crippen LogP contribution in [0.3, 0.4) is 0 Å². The molecule has 1 amide bonds. The third-order valence-corrected chi connectivity index (χ3v) is 1.85. The third kappa shape index (κ3) is 7.37. The van der Waals surface area contributed by atoms with Gasteiger partial charge in [-0.2, -0.15) is 0 Å². The molecule has 1 N–H and O–H groups in total. The zero-order chi connectivity index (χ0) is 8.53. The normalized spacial score (nSPS) is 12.5. The van der Waals surface area contributed by atoms with E-state index in [2.05, 4.69) is 19.2 Å². The molecule has 2 nitrogen and oxygen atoms in total. The van der Waals surface area contributed by atoms with Crippen LogP contribution >= 0.6 is 0 Å². The molecule has 0 aliphatic rings. The van der Waals surface area contributed by atoms with Crippen LogP contribution in [0, 0.1) is 5.92 Å². The lowest BCUT2D eigenvalue weighted by Gasteiger charge is -2.08. The Hall–Kier alpha value is -0.530. The molecular weight excluding hydrogens is 138 g/mol. The lowest BCUT2D eigenvalue weighted by atomic mass is 10.0. The third-order valence-electron chi connectivity index (χ3n) is 1.85. The van der Waals surface area contributed by atoms with Crippen LogP contribution < -0.4 is 5.32 Å². The summed E-state index contributed by atoms with van der Waals surface area (Å²) in [5.41, 5.74) is 0. The predicted octanol–water partition coefficient (Wildman–Crippen LogP) is 1.95. The molecule has 0 aromatic heterocycles. The van der Waals surface area contributed by atoms with Gasteiger partial charge < -0.3 is 5.32 Å². The van der Waals surface area contributed by atoms with Gasteiger partial charge in [0, 0.05) is 6.54 Å². The molecule has 0 fully saturated rings. The molecule has 0 aliphatic heterocycles. The Morgan fingerprint density at radius 3 is 2.73 bits per heavy atom. The van der Waals surface area contributed by atoms with Crippen LogP contribution in [0.1, 0.15) is 39.5 Å². The fourth-order valence-corrected chi connectivity index (χ4v) is 1.09. The highest BCUT2D eigenvalue weighted by atomic mass is 16.1. The van der Waals surface area contributed by atoms with Crippen LogP contribution in [-0.2, 0) is 4.79 Å². The molecule has 66 valence electrons. The van der Waals surface area contributed by atoms with Gasteiger partial charge in [-0.1, -0.05) is 33.1 Å². The molecule has 1 unspecified atom stereocenters. The number of rotatable bonds is 7. The van der Waals surface area contributed by atoms with Crippen molar-refractivity contribution in [1.82, 2.24) is 5.32 Å². The monoisotopic (exact) mass is 157 g/mol. The van der Waals surface area contributed by atoms with Crippen LogP contribution in [0.15, 0.2) is 0 Å². The van der Waals surface area contributed by atoms with Crippen LogP contribution in [0.25, 0.3) is 0 Å². The number of unbranched alkanes of at least 4 members (excludes halogenated alkanes) is 2. The van der Waals surface area contributed by atoms with Gasteiger partial charge in [0.25, 0.3) is 0 Å². The van der Waals surface area contributed by atoms with Crippen molar-refractivity contribution in [2.45, 2.75) is 39.5 Å². The number of hydrogen-bond acceptors (Lipinski definition) is 1. The Morgan fingerprint density at radius 1 is 1.45 bits per heavy atom. The van der Waals surface area contributed by atoms with Crippen LogP contribution in [0.5, 0.6) is 0 Å². The van der Waals surface area contributed by atoms with Gasteiger partial charge in [-0.05, 0) is 12.3 Å². The highest BCUT2D eigenvalue weighted by molar-refractivity contribution is 5.45. The van der Waals surface area contributed by atoms with E-state index in [1.54, 1.807) is 0 Å².